The summed E-state index contributed by atoms with van der Waals surface area (Å²) in [6.07, 6.45) is 5.82. The Bertz CT molecular complexity index is 1450. The van der Waals surface area contributed by atoms with Crippen LogP contribution in [0.3, 0.4) is 0 Å². The number of hydrogen-bond acceptors (Lipinski definition) is 9. The lowest BCUT2D eigenvalue weighted by atomic mass is 10.0. The van der Waals surface area contributed by atoms with Gasteiger partial charge in [-0.05, 0) is 59.6 Å². The maximum Gasteiger partial charge on any atom is 0.410 e. The lowest BCUT2D eigenvalue weighted by Crippen LogP contribution is -2.42. The number of fused-ring (bicyclic) bond motifs is 1. The van der Waals surface area contributed by atoms with Crippen LogP contribution < -0.4 is 10.6 Å². The third kappa shape index (κ3) is 6.37. The number of aromatic nitrogens is 4. The van der Waals surface area contributed by atoms with Crippen molar-refractivity contribution in [1.82, 2.24) is 24.3 Å². The van der Waals surface area contributed by atoms with Crippen LogP contribution in [0.25, 0.3) is 5.52 Å². The van der Waals surface area contributed by atoms with Crippen LogP contribution in [-0.4, -0.2) is 66.5 Å². The molecule has 0 aliphatic carbocycles. The summed E-state index contributed by atoms with van der Waals surface area (Å²) in [5.41, 5.74) is 2.94. The average Bonchev–Trinajstić information content (AvgIpc) is 3.50. The molecular weight excluding hydrogens is 498 g/mol. The predicted molar refractivity (Wildman–Crippen MR) is 147 cm³/mol. The number of aryl methyl sites for hydroxylation is 1. The number of nitrogens with zero attached hydrogens (tertiary/aromatic N) is 8. The van der Waals surface area contributed by atoms with Gasteiger partial charge in [0.25, 0.3) is 0 Å². The van der Waals surface area contributed by atoms with Crippen molar-refractivity contribution in [2.24, 2.45) is 23.0 Å². The number of nitriles is 1. The van der Waals surface area contributed by atoms with Crippen molar-refractivity contribution in [3.63, 3.8) is 0 Å². The van der Waals surface area contributed by atoms with E-state index in [2.05, 4.69) is 21.4 Å². The Morgan fingerprint density at radius 3 is 2.62 bits per heavy atom. The zero-order chi connectivity index (χ0) is 28.3. The second-order valence-corrected chi connectivity index (χ2v) is 10.6. The molecule has 1 unspecified atom stereocenters. The fourth-order valence-electron chi connectivity index (χ4n) is 4.50. The molecule has 12 nitrogen and oxygen atoms in total. The number of carbonyl (C=O) groups is 1. The zero-order valence-electron chi connectivity index (χ0n) is 23.2. The molecule has 1 fully saturated rings. The fraction of sp³-hybridized carbons (Fsp3) is 0.481. The molecule has 1 aliphatic heterocycles. The van der Waals surface area contributed by atoms with Crippen molar-refractivity contribution in [1.29, 1.82) is 5.26 Å². The molecule has 39 heavy (non-hydrogen) atoms. The number of piperidine rings is 1. The SMILES string of the molecule is CC(=NC1CCN(C(=O)OC(C)(C)C)CC1)/C(=N\N)c1cc(OC(C)c2ccn(C)n2)c2c(C#N)cnn2c1. The normalized spacial score (nSPS) is 16.3. The minimum atomic E-state index is -0.531. The highest BCUT2D eigenvalue weighted by atomic mass is 16.6. The summed E-state index contributed by atoms with van der Waals surface area (Å²) >= 11 is 0. The number of hydrogen-bond donors (Lipinski definition) is 1. The van der Waals surface area contributed by atoms with Gasteiger partial charge in [-0.2, -0.15) is 20.6 Å². The Morgan fingerprint density at radius 2 is 2.03 bits per heavy atom. The molecule has 0 aromatic carbocycles. The second kappa shape index (κ2) is 11.1. The third-order valence-corrected chi connectivity index (χ3v) is 6.39. The van der Waals surface area contributed by atoms with Gasteiger partial charge in [0.1, 0.15) is 46.0 Å². The van der Waals surface area contributed by atoms with Crippen LogP contribution in [-0.2, 0) is 11.8 Å². The van der Waals surface area contributed by atoms with Crippen molar-refractivity contribution >= 4 is 23.0 Å². The molecule has 0 bridgehead atoms. The van der Waals surface area contributed by atoms with Crippen LogP contribution in [0.5, 0.6) is 5.75 Å². The van der Waals surface area contributed by atoms with Crippen LogP contribution in [0.15, 0.2) is 40.8 Å². The van der Waals surface area contributed by atoms with Crippen molar-refractivity contribution in [3.05, 3.63) is 47.5 Å². The number of ether oxygens (including phenoxy) is 2. The first-order chi connectivity index (χ1) is 18.5. The standard InChI is InChI=1S/C27H35N9O3/c1-17(31-21-7-11-35(12-8-21)26(37)39-27(3,4)5)24(32-29)19-13-23(25-20(14-28)15-30-36(25)16-19)38-18(2)22-9-10-34(6)33-22/h9-10,13,15-16,18,21H,7-8,11-12,29H2,1-6H3/b31-17?,32-24+. The number of nitrogens with two attached hydrogens (primary N) is 1. The average molecular weight is 534 g/mol. The Kier molecular flexibility index (Phi) is 7.90. The highest BCUT2D eigenvalue weighted by Gasteiger charge is 2.27. The molecule has 4 heterocycles. The quantitative estimate of drug-likeness (QED) is 0.289. The van der Waals surface area contributed by atoms with Gasteiger partial charge in [0.2, 0.25) is 0 Å². The van der Waals surface area contributed by atoms with Gasteiger partial charge in [-0.15, -0.1) is 0 Å². The molecule has 1 amide bonds. The van der Waals surface area contributed by atoms with Crippen molar-refractivity contribution in [3.8, 4) is 11.8 Å². The summed E-state index contributed by atoms with van der Waals surface area (Å²) in [5, 5.41) is 22.5. The first kappa shape index (κ1) is 27.6. The summed E-state index contributed by atoms with van der Waals surface area (Å²) in [6, 6.07) is 5.86. The highest BCUT2D eigenvalue weighted by Crippen LogP contribution is 2.30. The van der Waals surface area contributed by atoms with Gasteiger partial charge in [-0.25, -0.2) is 9.31 Å². The summed E-state index contributed by atoms with van der Waals surface area (Å²) in [6.45, 7) is 10.4. The zero-order valence-corrected chi connectivity index (χ0v) is 23.2. The molecule has 0 saturated carbocycles. The van der Waals surface area contributed by atoms with E-state index in [1.165, 1.54) is 6.20 Å². The molecule has 3 aromatic rings. The van der Waals surface area contributed by atoms with Crippen LogP contribution in [0, 0.1) is 11.3 Å². The molecule has 0 spiro atoms. The van der Waals surface area contributed by atoms with E-state index in [0.29, 0.717) is 59.7 Å². The first-order valence-electron chi connectivity index (χ1n) is 12.9. The second-order valence-electron chi connectivity index (χ2n) is 10.6. The molecule has 1 atom stereocenters. The largest absolute Gasteiger partial charge is 0.482 e. The Morgan fingerprint density at radius 1 is 1.31 bits per heavy atom. The van der Waals surface area contributed by atoms with Crippen molar-refractivity contribution < 1.29 is 14.3 Å². The van der Waals surface area contributed by atoms with E-state index in [9.17, 15) is 10.1 Å². The van der Waals surface area contributed by atoms with Crippen LogP contribution in [0.1, 0.15) is 70.4 Å². The van der Waals surface area contributed by atoms with Gasteiger partial charge < -0.3 is 20.2 Å². The van der Waals surface area contributed by atoms with E-state index in [-0.39, 0.29) is 18.2 Å². The van der Waals surface area contributed by atoms with Gasteiger partial charge in [-0.3, -0.25) is 9.67 Å². The summed E-state index contributed by atoms with van der Waals surface area (Å²) < 4.78 is 15.1. The van der Waals surface area contributed by atoms with E-state index in [1.54, 1.807) is 26.4 Å². The summed E-state index contributed by atoms with van der Waals surface area (Å²) in [4.78, 5) is 19.0. The van der Waals surface area contributed by atoms with Gasteiger partial charge in [0.15, 0.2) is 0 Å². The van der Waals surface area contributed by atoms with Crippen LogP contribution in [0.2, 0.25) is 0 Å². The Hall–Kier alpha value is -4.40. The maximum absolute atomic E-state index is 12.4. The van der Waals surface area contributed by atoms with Gasteiger partial charge in [0.05, 0.1) is 18.0 Å². The maximum atomic E-state index is 12.4. The smallest absolute Gasteiger partial charge is 0.410 e. The number of pyridine rings is 1. The number of carbonyl (C=O) groups excluding carboxylic acids is 1. The van der Waals surface area contributed by atoms with E-state index in [4.69, 9.17) is 20.3 Å². The van der Waals surface area contributed by atoms with E-state index in [0.717, 1.165) is 5.69 Å². The van der Waals surface area contributed by atoms with Gasteiger partial charge in [-0.1, -0.05) is 0 Å². The molecule has 12 heteroatoms. The lowest BCUT2D eigenvalue weighted by Gasteiger charge is -2.32. The molecule has 4 rings (SSSR count). The van der Waals surface area contributed by atoms with Gasteiger partial charge in [0, 0.05) is 38.1 Å². The first-order valence-corrected chi connectivity index (χ1v) is 12.9. The molecule has 1 saturated heterocycles. The number of hydrazone groups is 1. The minimum absolute atomic E-state index is 0.0129. The molecule has 3 aromatic heterocycles. The van der Waals surface area contributed by atoms with Crippen LogP contribution >= 0.6 is 0 Å². The predicted octanol–water partition coefficient (Wildman–Crippen LogP) is 3.60. The van der Waals surface area contributed by atoms with Gasteiger partial charge >= 0.3 is 6.09 Å². The molecule has 206 valence electrons. The molecule has 0 radical (unpaired) electrons. The van der Waals surface area contributed by atoms with Crippen LogP contribution in [0.4, 0.5) is 4.79 Å². The monoisotopic (exact) mass is 533 g/mol. The number of amides is 1. The summed E-state index contributed by atoms with van der Waals surface area (Å²) in [7, 11) is 1.84. The van der Waals surface area contributed by atoms with E-state index >= 15 is 0 Å². The highest BCUT2D eigenvalue weighted by molar-refractivity contribution is 6.47. The lowest BCUT2D eigenvalue weighted by molar-refractivity contribution is 0.0207. The molecule has 2 N–H and O–H groups in total. The third-order valence-electron chi connectivity index (χ3n) is 6.39. The Labute approximate surface area is 227 Å². The van der Waals surface area contributed by atoms with E-state index in [1.807, 2.05) is 53.9 Å². The summed E-state index contributed by atoms with van der Waals surface area (Å²) in [5.74, 6) is 6.31. The number of aliphatic imine (C=N–C) groups is 1. The minimum Gasteiger partial charge on any atom is -0.482 e. The number of rotatable bonds is 6. The Balaban J connectivity index is 1.57. The molecular formula is C27H35N9O3. The topological polar surface area (TPSA) is 148 Å². The van der Waals surface area contributed by atoms with Crippen molar-refractivity contribution in [2.75, 3.05) is 13.1 Å². The van der Waals surface area contributed by atoms with Crippen molar-refractivity contribution in [2.45, 2.75) is 65.2 Å². The van der Waals surface area contributed by atoms with E-state index < -0.39 is 5.60 Å². The fourth-order valence-corrected chi connectivity index (χ4v) is 4.50. The molecule has 1 aliphatic rings. The number of likely N-dealkylation sites (tertiary alicyclic amines) is 1.